The minimum atomic E-state index is -1.77. The summed E-state index contributed by atoms with van der Waals surface area (Å²) in [5, 5.41) is 22.5. The molecule has 1 aliphatic heterocycles. The number of carbonyl (C=O) groups excluding carboxylic acids is 2. The van der Waals surface area contributed by atoms with Crippen molar-refractivity contribution >= 4 is 17.5 Å². The molecule has 2 rings (SSSR count). The van der Waals surface area contributed by atoms with E-state index in [1.807, 2.05) is 30.3 Å². The number of para-hydroxylation sites is 1. The third-order valence-electron chi connectivity index (χ3n) is 4.46. The van der Waals surface area contributed by atoms with E-state index in [-0.39, 0.29) is 0 Å². The third-order valence-corrected chi connectivity index (χ3v) is 4.46. The van der Waals surface area contributed by atoms with E-state index in [9.17, 15) is 19.8 Å². The number of nitrogens with zero attached hydrogens (tertiary/aromatic N) is 2. The largest absolute Gasteiger partial charge is 0.380 e. The van der Waals surface area contributed by atoms with Crippen molar-refractivity contribution in [1.82, 2.24) is 10.2 Å². The van der Waals surface area contributed by atoms with Crippen molar-refractivity contribution in [1.29, 1.82) is 0 Å². The number of anilines is 1. The van der Waals surface area contributed by atoms with Crippen LogP contribution in [0.15, 0.2) is 30.3 Å². The smallest absolute Gasteiger partial charge is 0.254 e. The van der Waals surface area contributed by atoms with E-state index in [1.54, 1.807) is 0 Å². The lowest BCUT2D eigenvalue weighted by molar-refractivity contribution is -0.153. The summed E-state index contributed by atoms with van der Waals surface area (Å²) in [7, 11) is 0. The first kappa shape index (κ1) is 20.2. The molecule has 8 heteroatoms. The maximum atomic E-state index is 12.4. The van der Waals surface area contributed by atoms with Crippen molar-refractivity contribution in [2.75, 3.05) is 44.2 Å². The number of carbonyl (C=O) groups is 2. The lowest BCUT2D eigenvalue weighted by atomic mass is 10.1. The zero-order valence-corrected chi connectivity index (χ0v) is 14.9. The van der Waals surface area contributed by atoms with E-state index >= 15 is 0 Å². The fraction of sp³-hybridized carbons (Fsp3) is 0.556. The maximum Gasteiger partial charge on any atom is 0.254 e. The fourth-order valence-corrected chi connectivity index (χ4v) is 2.87. The Labute approximate surface area is 153 Å². The van der Waals surface area contributed by atoms with Crippen molar-refractivity contribution in [3.63, 3.8) is 0 Å². The molecule has 1 aliphatic rings. The van der Waals surface area contributed by atoms with E-state index < -0.39 is 24.0 Å². The van der Waals surface area contributed by atoms with Gasteiger partial charge in [-0.15, -0.1) is 0 Å². The Hall–Kier alpha value is -2.16. The van der Waals surface area contributed by atoms with Crippen LogP contribution in [0.25, 0.3) is 0 Å². The number of piperazine rings is 1. The Morgan fingerprint density at radius 2 is 1.69 bits per heavy atom. The summed E-state index contributed by atoms with van der Waals surface area (Å²) < 4.78 is 0. The van der Waals surface area contributed by atoms with Gasteiger partial charge in [0.25, 0.3) is 11.8 Å². The number of amides is 2. The molecular weight excluding hydrogens is 336 g/mol. The number of aliphatic hydroxyl groups is 2. The SMILES string of the molecule is NCCCCNC(=O)[C@H](O)[C@@H](O)C(=O)N1CCN(c2ccccc2)CC1. The van der Waals surface area contributed by atoms with Crippen LogP contribution in [0.5, 0.6) is 0 Å². The van der Waals surface area contributed by atoms with Crippen LogP contribution in [-0.2, 0) is 9.59 Å². The number of nitrogens with one attached hydrogen (secondary N) is 1. The zero-order chi connectivity index (χ0) is 18.9. The van der Waals surface area contributed by atoms with Crippen LogP contribution in [0.1, 0.15) is 12.8 Å². The minimum Gasteiger partial charge on any atom is -0.380 e. The number of nitrogens with two attached hydrogens (primary N) is 1. The Morgan fingerprint density at radius 1 is 1.04 bits per heavy atom. The molecule has 1 saturated heterocycles. The van der Waals surface area contributed by atoms with Gasteiger partial charge in [0.15, 0.2) is 12.2 Å². The fourth-order valence-electron chi connectivity index (χ4n) is 2.87. The molecule has 1 fully saturated rings. The zero-order valence-electron chi connectivity index (χ0n) is 14.9. The van der Waals surface area contributed by atoms with Gasteiger partial charge in [-0.2, -0.15) is 0 Å². The Kier molecular flexibility index (Phi) is 7.83. The highest BCUT2D eigenvalue weighted by Gasteiger charge is 2.34. The number of hydrogen-bond acceptors (Lipinski definition) is 6. The van der Waals surface area contributed by atoms with Crippen molar-refractivity contribution in [3.8, 4) is 0 Å². The van der Waals surface area contributed by atoms with Crippen LogP contribution in [-0.4, -0.2) is 78.4 Å². The molecule has 1 aromatic carbocycles. The topological polar surface area (TPSA) is 119 Å². The van der Waals surface area contributed by atoms with Gasteiger partial charge in [-0.3, -0.25) is 9.59 Å². The molecule has 0 unspecified atom stereocenters. The molecule has 8 nitrogen and oxygen atoms in total. The Bertz CT molecular complexity index is 576. The highest BCUT2D eigenvalue weighted by Crippen LogP contribution is 2.16. The van der Waals surface area contributed by atoms with Gasteiger partial charge >= 0.3 is 0 Å². The van der Waals surface area contributed by atoms with Gasteiger partial charge in [0.1, 0.15) is 0 Å². The van der Waals surface area contributed by atoms with Gasteiger partial charge in [-0.05, 0) is 31.5 Å². The van der Waals surface area contributed by atoms with Crippen LogP contribution in [0, 0.1) is 0 Å². The summed E-state index contributed by atoms with van der Waals surface area (Å²) in [5.74, 6) is -1.37. The predicted octanol–water partition coefficient (Wildman–Crippen LogP) is -1.09. The first-order valence-corrected chi connectivity index (χ1v) is 8.97. The minimum absolute atomic E-state index is 0.351. The van der Waals surface area contributed by atoms with E-state index in [0.29, 0.717) is 45.7 Å². The van der Waals surface area contributed by atoms with E-state index in [0.717, 1.165) is 12.1 Å². The maximum absolute atomic E-state index is 12.4. The van der Waals surface area contributed by atoms with E-state index in [1.165, 1.54) is 4.90 Å². The van der Waals surface area contributed by atoms with Gasteiger partial charge in [0, 0.05) is 38.4 Å². The molecule has 1 aromatic rings. The van der Waals surface area contributed by atoms with Gasteiger partial charge < -0.3 is 31.1 Å². The monoisotopic (exact) mass is 364 g/mol. The molecule has 2 atom stereocenters. The summed E-state index contributed by atoms with van der Waals surface area (Å²) in [6.45, 7) is 2.98. The molecular formula is C18H28N4O4. The van der Waals surface area contributed by atoms with Crippen LogP contribution >= 0.6 is 0 Å². The summed E-state index contributed by atoms with van der Waals surface area (Å²) in [6.07, 6.45) is -2.09. The summed E-state index contributed by atoms with van der Waals surface area (Å²) in [5.41, 5.74) is 6.45. The standard InChI is InChI=1S/C18H28N4O4/c19-8-4-5-9-20-17(25)15(23)16(24)18(26)22-12-10-21(11-13-22)14-6-2-1-3-7-14/h1-3,6-7,15-16,23-24H,4-5,8-13,19H2,(H,20,25)/t15-,16-/m1/s1. The molecule has 0 saturated carbocycles. The summed E-state index contributed by atoms with van der Waals surface area (Å²) in [6, 6.07) is 9.87. The van der Waals surface area contributed by atoms with Crippen LogP contribution in [0.2, 0.25) is 0 Å². The quantitative estimate of drug-likeness (QED) is 0.435. The number of unbranched alkanes of at least 4 members (excludes halogenated alkanes) is 1. The normalized spacial score (nSPS) is 16.9. The molecule has 5 N–H and O–H groups in total. The number of rotatable bonds is 8. The van der Waals surface area contributed by atoms with Crippen molar-refractivity contribution in [2.24, 2.45) is 5.73 Å². The molecule has 0 aromatic heterocycles. The highest BCUT2D eigenvalue weighted by molar-refractivity contribution is 5.90. The number of aliphatic hydroxyl groups excluding tert-OH is 2. The summed E-state index contributed by atoms with van der Waals surface area (Å²) in [4.78, 5) is 27.8. The average molecular weight is 364 g/mol. The molecule has 0 bridgehead atoms. The lowest BCUT2D eigenvalue weighted by Crippen LogP contribution is -2.55. The molecule has 0 radical (unpaired) electrons. The van der Waals surface area contributed by atoms with Crippen molar-refractivity contribution in [3.05, 3.63) is 30.3 Å². The third kappa shape index (κ3) is 5.42. The first-order valence-electron chi connectivity index (χ1n) is 8.97. The van der Waals surface area contributed by atoms with Gasteiger partial charge in [-0.1, -0.05) is 18.2 Å². The molecule has 0 spiro atoms. The van der Waals surface area contributed by atoms with Crippen LogP contribution < -0.4 is 16.0 Å². The van der Waals surface area contributed by atoms with E-state index in [2.05, 4.69) is 10.2 Å². The predicted molar refractivity (Wildman–Crippen MR) is 98.5 cm³/mol. The molecule has 26 heavy (non-hydrogen) atoms. The van der Waals surface area contributed by atoms with Crippen LogP contribution in [0.3, 0.4) is 0 Å². The molecule has 0 aliphatic carbocycles. The summed E-state index contributed by atoms with van der Waals surface area (Å²) >= 11 is 0. The highest BCUT2D eigenvalue weighted by atomic mass is 16.3. The lowest BCUT2D eigenvalue weighted by Gasteiger charge is -2.37. The van der Waals surface area contributed by atoms with Crippen LogP contribution in [0.4, 0.5) is 5.69 Å². The van der Waals surface area contributed by atoms with Gasteiger partial charge in [0.2, 0.25) is 0 Å². The Morgan fingerprint density at radius 3 is 2.31 bits per heavy atom. The van der Waals surface area contributed by atoms with Crippen molar-refractivity contribution in [2.45, 2.75) is 25.0 Å². The second kappa shape index (κ2) is 10.1. The Balaban J connectivity index is 1.80. The first-order chi connectivity index (χ1) is 12.5. The molecule has 1 heterocycles. The number of benzene rings is 1. The second-order valence-corrected chi connectivity index (χ2v) is 6.32. The van der Waals surface area contributed by atoms with Crippen molar-refractivity contribution < 1.29 is 19.8 Å². The molecule has 144 valence electrons. The number of hydrogen-bond donors (Lipinski definition) is 4. The van der Waals surface area contributed by atoms with Gasteiger partial charge in [0.05, 0.1) is 0 Å². The van der Waals surface area contributed by atoms with Gasteiger partial charge in [-0.25, -0.2) is 0 Å². The average Bonchev–Trinajstić information content (AvgIpc) is 2.70. The second-order valence-electron chi connectivity index (χ2n) is 6.32. The molecule has 2 amide bonds. The van der Waals surface area contributed by atoms with E-state index in [4.69, 9.17) is 5.73 Å².